The van der Waals surface area contributed by atoms with Crippen LogP contribution in [0.3, 0.4) is 0 Å². The molecule has 0 saturated carbocycles. The van der Waals surface area contributed by atoms with Gasteiger partial charge in [0.05, 0.1) is 11.0 Å². The second-order valence-electron chi connectivity index (χ2n) is 8.06. The van der Waals surface area contributed by atoms with Crippen molar-refractivity contribution in [2.75, 3.05) is 11.5 Å². The van der Waals surface area contributed by atoms with Crippen molar-refractivity contribution in [2.45, 2.75) is 40.4 Å². The number of H-pyrrole nitrogens is 1. The molecule has 0 aliphatic carbocycles. The summed E-state index contributed by atoms with van der Waals surface area (Å²) in [4.78, 5) is 3.35. The maximum atomic E-state index is 11.4. The monoisotopic (exact) mass is 392 g/mol. The largest absolute Gasteiger partial charge is 0.456 e. The van der Waals surface area contributed by atoms with Crippen LogP contribution in [0.5, 0.6) is 5.75 Å². The fraction of sp³-hybridized carbons (Fsp3) is 0.304. The van der Waals surface area contributed by atoms with Gasteiger partial charge in [-0.3, -0.25) is 0 Å². The Morgan fingerprint density at radius 3 is 2.28 bits per heavy atom. The molecule has 6 N–H and O–H groups in total. The Bertz CT molecular complexity index is 1280. The lowest BCUT2D eigenvalue weighted by Crippen LogP contribution is -2.29. The Balaban J connectivity index is 1.91. The van der Waals surface area contributed by atoms with Crippen LogP contribution in [0.25, 0.3) is 21.8 Å². The van der Waals surface area contributed by atoms with Crippen molar-refractivity contribution >= 4 is 33.2 Å². The van der Waals surface area contributed by atoms with Crippen molar-refractivity contribution in [1.29, 1.82) is 0 Å². The Kier molecular flexibility index (Phi) is 4.10. The Morgan fingerprint density at radius 2 is 1.59 bits per heavy atom. The van der Waals surface area contributed by atoms with Gasteiger partial charge in [0.15, 0.2) is 0 Å². The molecule has 29 heavy (non-hydrogen) atoms. The molecule has 1 unspecified atom stereocenters. The number of rotatable bonds is 3. The summed E-state index contributed by atoms with van der Waals surface area (Å²) in [6, 6.07) is 7.25. The Labute approximate surface area is 170 Å². The molecule has 0 bridgehead atoms. The molecule has 2 heterocycles. The highest BCUT2D eigenvalue weighted by Gasteiger charge is 2.31. The summed E-state index contributed by atoms with van der Waals surface area (Å²) in [7, 11) is 1.98. The zero-order valence-corrected chi connectivity index (χ0v) is 17.8. The third kappa shape index (κ3) is 2.67. The number of hydrogen-bond donors (Lipinski definition) is 4. The van der Waals surface area contributed by atoms with Crippen molar-refractivity contribution < 1.29 is 9.84 Å². The van der Waals surface area contributed by atoms with E-state index >= 15 is 0 Å². The molecule has 0 aliphatic heterocycles. The fourth-order valence-electron chi connectivity index (χ4n) is 4.27. The number of aromatic nitrogens is 2. The summed E-state index contributed by atoms with van der Waals surface area (Å²) >= 11 is 0. The Hall–Kier alpha value is -3.12. The molecule has 6 heteroatoms. The SMILES string of the molecule is Cc1[nH]c2c(C(C)(O)Oc3ccc(N)c4c(C)c(C)n(C)c34)ccc(N)c2c1C. The van der Waals surface area contributed by atoms with E-state index in [-0.39, 0.29) is 0 Å². The number of aryl methyl sites for hydroxylation is 4. The summed E-state index contributed by atoms with van der Waals surface area (Å²) < 4.78 is 8.27. The average Bonchev–Trinajstić information content (AvgIpc) is 3.07. The molecule has 0 fully saturated rings. The minimum Gasteiger partial charge on any atom is -0.456 e. The van der Waals surface area contributed by atoms with Gasteiger partial charge in [0.1, 0.15) is 5.75 Å². The first-order valence-electron chi connectivity index (χ1n) is 9.67. The molecule has 152 valence electrons. The summed E-state index contributed by atoms with van der Waals surface area (Å²) in [6.45, 7) is 9.75. The van der Waals surface area contributed by atoms with Gasteiger partial charge in [0, 0.05) is 53.1 Å². The van der Waals surface area contributed by atoms with Crippen LogP contribution in [0.2, 0.25) is 0 Å². The predicted molar refractivity (Wildman–Crippen MR) is 119 cm³/mol. The van der Waals surface area contributed by atoms with Crippen molar-refractivity contribution in [3.05, 3.63) is 52.3 Å². The van der Waals surface area contributed by atoms with Crippen molar-refractivity contribution in [2.24, 2.45) is 7.05 Å². The predicted octanol–water partition coefficient (Wildman–Crippen LogP) is 4.30. The first-order valence-corrected chi connectivity index (χ1v) is 9.67. The van der Waals surface area contributed by atoms with E-state index in [0.29, 0.717) is 22.7 Å². The van der Waals surface area contributed by atoms with Crippen molar-refractivity contribution in [3.63, 3.8) is 0 Å². The molecular weight excluding hydrogens is 364 g/mol. The van der Waals surface area contributed by atoms with Gasteiger partial charge >= 0.3 is 0 Å². The number of benzene rings is 2. The second kappa shape index (κ2) is 6.19. The summed E-state index contributed by atoms with van der Waals surface area (Å²) in [6.07, 6.45) is 0. The van der Waals surface area contributed by atoms with E-state index in [1.165, 1.54) is 0 Å². The molecular formula is C23H28N4O2. The van der Waals surface area contributed by atoms with E-state index in [4.69, 9.17) is 16.2 Å². The van der Waals surface area contributed by atoms with E-state index in [1.54, 1.807) is 6.92 Å². The molecule has 6 nitrogen and oxygen atoms in total. The molecule has 4 aromatic rings. The standard InChI is InChI=1S/C23H28N4O2/c1-11-13(3)26-21-15(7-8-16(24)19(11)21)23(5,28)29-18-10-9-17(25)20-12(2)14(4)27(6)22(18)20/h7-10,26,28H,24-25H2,1-6H3. The van der Waals surface area contributed by atoms with Gasteiger partial charge in [-0.05, 0) is 63.1 Å². The Morgan fingerprint density at radius 1 is 0.966 bits per heavy atom. The van der Waals surface area contributed by atoms with E-state index in [9.17, 15) is 5.11 Å². The molecule has 2 aromatic carbocycles. The fourth-order valence-corrected chi connectivity index (χ4v) is 4.27. The lowest BCUT2D eigenvalue weighted by Gasteiger charge is -2.27. The van der Waals surface area contributed by atoms with Crippen LogP contribution in [-0.2, 0) is 12.8 Å². The third-order valence-corrected chi connectivity index (χ3v) is 6.23. The second-order valence-corrected chi connectivity index (χ2v) is 8.06. The van der Waals surface area contributed by atoms with E-state index < -0.39 is 5.79 Å². The lowest BCUT2D eigenvalue weighted by molar-refractivity contribution is -0.127. The average molecular weight is 393 g/mol. The van der Waals surface area contributed by atoms with Crippen molar-refractivity contribution in [3.8, 4) is 5.75 Å². The highest BCUT2D eigenvalue weighted by atomic mass is 16.6. The van der Waals surface area contributed by atoms with Gasteiger partial charge in [-0.25, -0.2) is 0 Å². The van der Waals surface area contributed by atoms with Crippen LogP contribution in [-0.4, -0.2) is 14.7 Å². The molecule has 0 spiro atoms. The molecule has 0 saturated heterocycles. The van der Waals surface area contributed by atoms with Gasteiger partial charge < -0.3 is 30.9 Å². The number of nitrogens with zero attached hydrogens (tertiary/aromatic N) is 1. The number of fused-ring (bicyclic) bond motifs is 2. The molecule has 0 amide bonds. The first-order chi connectivity index (χ1) is 13.5. The maximum absolute atomic E-state index is 11.4. The van der Waals surface area contributed by atoms with Gasteiger partial charge in [-0.2, -0.15) is 0 Å². The zero-order chi connectivity index (χ0) is 21.2. The van der Waals surface area contributed by atoms with Crippen LogP contribution in [0.4, 0.5) is 11.4 Å². The number of aromatic amines is 1. The normalized spacial score (nSPS) is 13.9. The number of aliphatic hydroxyl groups is 1. The van der Waals surface area contributed by atoms with Gasteiger partial charge in [0.25, 0.3) is 0 Å². The first kappa shape index (κ1) is 19.2. The summed E-state index contributed by atoms with van der Waals surface area (Å²) in [5.41, 5.74) is 20.4. The molecule has 1 atom stereocenters. The highest BCUT2D eigenvalue weighted by Crippen LogP contribution is 2.40. The number of ether oxygens (including phenoxy) is 1. The number of hydrogen-bond acceptors (Lipinski definition) is 4. The van der Waals surface area contributed by atoms with Crippen LogP contribution in [0.1, 0.15) is 35.0 Å². The van der Waals surface area contributed by atoms with Gasteiger partial charge in [-0.15, -0.1) is 0 Å². The third-order valence-electron chi connectivity index (χ3n) is 6.23. The number of anilines is 2. The van der Waals surface area contributed by atoms with Gasteiger partial charge in [-0.1, -0.05) is 0 Å². The summed E-state index contributed by atoms with van der Waals surface area (Å²) in [5.74, 6) is -1.01. The van der Waals surface area contributed by atoms with E-state index in [1.807, 2.05) is 63.6 Å². The number of nitrogens with two attached hydrogens (primary N) is 2. The molecule has 0 radical (unpaired) electrons. The minimum absolute atomic E-state index is 0.572. The molecule has 4 rings (SSSR count). The van der Waals surface area contributed by atoms with Gasteiger partial charge in [0.2, 0.25) is 5.79 Å². The van der Waals surface area contributed by atoms with Crippen molar-refractivity contribution in [1.82, 2.24) is 9.55 Å². The lowest BCUT2D eigenvalue weighted by atomic mass is 10.0. The number of nitrogens with one attached hydrogen (secondary N) is 1. The van der Waals surface area contributed by atoms with Crippen LogP contribution in [0.15, 0.2) is 24.3 Å². The highest BCUT2D eigenvalue weighted by molar-refractivity contribution is 5.99. The van der Waals surface area contributed by atoms with Crippen LogP contribution in [0, 0.1) is 27.7 Å². The van der Waals surface area contributed by atoms with Crippen LogP contribution >= 0.6 is 0 Å². The van der Waals surface area contributed by atoms with Crippen LogP contribution < -0.4 is 16.2 Å². The quantitative estimate of drug-likeness (QED) is 0.308. The topological polar surface area (TPSA) is 102 Å². The van der Waals surface area contributed by atoms with E-state index in [2.05, 4.69) is 4.98 Å². The summed E-state index contributed by atoms with van der Waals surface area (Å²) in [5, 5.41) is 13.3. The molecule has 0 aliphatic rings. The zero-order valence-electron chi connectivity index (χ0n) is 17.8. The maximum Gasteiger partial charge on any atom is 0.234 e. The minimum atomic E-state index is -1.58. The van der Waals surface area contributed by atoms with E-state index in [0.717, 1.165) is 44.3 Å². The smallest absolute Gasteiger partial charge is 0.234 e. The number of nitrogen functional groups attached to an aromatic ring is 2. The molecule has 2 aromatic heterocycles.